The highest BCUT2D eigenvalue weighted by molar-refractivity contribution is 7.52. The standard InChI is InChI=1S/C31H32F2N5O6PS/c32-31(33,45(42,43)44)21-6-9-26-19(12-21)13-27(46-26)28(39)36-24-15-35-11-10-22-7-8-25(38(22)29(24)40)30(41)37-16-20(14-34)23(17-37)18-4-2-1-3-5-18/h1-6,9,12-13,20,22-25,35H,7-8,10-11,15-17H2,(H,36,39)(H2,42,43,44)/t20-,22-,23+,24+,25+/m1/s1. The van der Waals surface area contributed by atoms with E-state index in [0.29, 0.717) is 37.1 Å². The third-order valence-corrected chi connectivity index (χ3v) is 11.2. The van der Waals surface area contributed by atoms with Crippen LogP contribution in [0.25, 0.3) is 10.1 Å². The van der Waals surface area contributed by atoms with Gasteiger partial charge in [0.2, 0.25) is 11.8 Å². The number of hydrogen-bond donors (Lipinski definition) is 4. The van der Waals surface area contributed by atoms with E-state index in [9.17, 15) is 33.0 Å². The molecule has 0 saturated carbocycles. The molecule has 15 heteroatoms. The number of halogens is 2. The summed E-state index contributed by atoms with van der Waals surface area (Å²) in [5.74, 6) is -1.73. The van der Waals surface area contributed by atoms with Crippen molar-refractivity contribution in [3.63, 3.8) is 0 Å². The van der Waals surface area contributed by atoms with Crippen molar-refractivity contribution >= 4 is 46.7 Å². The van der Waals surface area contributed by atoms with Gasteiger partial charge in [-0.2, -0.15) is 14.0 Å². The Kier molecular flexibility index (Phi) is 8.73. The van der Waals surface area contributed by atoms with E-state index in [2.05, 4.69) is 16.7 Å². The van der Waals surface area contributed by atoms with E-state index in [-0.39, 0.29) is 47.1 Å². The van der Waals surface area contributed by atoms with E-state index < -0.39 is 42.7 Å². The van der Waals surface area contributed by atoms with E-state index in [1.165, 1.54) is 12.1 Å². The molecule has 3 aliphatic rings. The number of likely N-dealkylation sites (tertiary alicyclic amines) is 1. The molecule has 0 radical (unpaired) electrons. The third-order valence-electron chi connectivity index (χ3n) is 9.13. The van der Waals surface area contributed by atoms with Gasteiger partial charge in [0.25, 0.3) is 5.91 Å². The van der Waals surface area contributed by atoms with E-state index in [1.54, 1.807) is 9.80 Å². The molecule has 242 valence electrons. The Balaban J connectivity index is 1.19. The first kappa shape index (κ1) is 32.2. The highest BCUT2D eigenvalue weighted by atomic mass is 32.1. The zero-order chi connectivity index (χ0) is 32.8. The van der Waals surface area contributed by atoms with Gasteiger partial charge < -0.3 is 30.2 Å². The number of fused-ring (bicyclic) bond motifs is 2. The van der Waals surface area contributed by atoms with Crippen molar-refractivity contribution in [1.82, 2.24) is 20.4 Å². The Labute approximate surface area is 267 Å². The maximum Gasteiger partial charge on any atom is 0.399 e. The van der Waals surface area contributed by atoms with Crippen LogP contribution in [0.5, 0.6) is 0 Å². The van der Waals surface area contributed by atoms with Crippen molar-refractivity contribution in [2.45, 2.75) is 49.0 Å². The molecule has 11 nitrogen and oxygen atoms in total. The van der Waals surface area contributed by atoms with Crippen LogP contribution in [0.15, 0.2) is 54.6 Å². The Bertz CT molecular complexity index is 1760. The van der Waals surface area contributed by atoms with Gasteiger partial charge in [0.15, 0.2) is 0 Å². The fourth-order valence-electron chi connectivity index (χ4n) is 6.74. The molecule has 4 heterocycles. The van der Waals surface area contributed by atoms with Crippen LogP contribution in [0.4, 0.5) is 8.78 Å². The lowest BCUT2D eigenvalue weighted by Gasteiger charge is -2.36. The molecule has 3 aromatic rings. The average molecular weight is 672 g/mol. The molecule has 0 bridgehead atoms. The maximum absolute atomic E-state index is 14.3. The fourth-order valence-corrected chi connectivity index (χ4v) is 8.16. The molecule has 3 aliphatic heterocycles. The van der Waals surface area contributed by atoms with Crippen molar-refractivity contribution in [2.75, 3.05) is 26.2 Å². The number of nitriles is 1. The lowest BCUT2D eigenvalue weighted by molar-refractivity contribution is -0.146. The zero-order valence-corrected chi connectivity index (χ0v) is 26.2. The second-order valence-electron chi connectivity index (χ2n) is 12.0. The summed E-state index contributed by atoms with van der Waals surface area (Å²) in [5, 5.41) is 16.0. The Hall–Kier alpha value is -3.73. The number of thiophene rings is 1. The summed E-state index contributed by atoms with van der Waals surface area (Å²) in [6, 6.07) is 14.5. The van der Waals surface area contributed by atoms with Gasteiger partial charge in [-0.3, -0.25) is 18.9 Å². The van der Waals surface area contributed by atoms with Gasteiger partial charge in [0.05, 0.1) is 16.9 Å². The third kappa shape index (κ3) is 5.94. The summed E-state index contributed by atoms with van der Waals surface area (Å²) in [5.41, 5.74) is -4.28. The minimum absolute atomic E-state index is 0.120. The normalized spacial score (nSPS) is 25.5. The second-order valence-corrected chi connectivity index (χ2v) is 14.7. The number of carbonyl (C=O) groups is 3. The SMILES string of the molecule is N#C[C@@H]1CN(C(=O)[C@@H]2CC[C@@H]3CCNC[C@H](NC(=O)c4cc5cc(C(F)(F)P(=O)(O)O)ccc5s4)C(=O)N32)C[C@H]1c1ccccc1. The van der Waals surface area contributed by atoms with Crippen LogP contribution >= 0.6 is 18.9 Å². The van der Waals surface area contributed by atoms with Crippen molar-refractivity contribution in [1.29, 1.82) is 5.26 Å². The highest BCUT2D eigenvalue weighted by Crippen LogP contribution is 2.59. The van der Waals surface area contributed by atoms with E-state index in [1.807, 2.05) is 30.3 Å². The number of nitrogens with zero attached hydrogens (tertiary/aromatic N) is 3. The molecule has 0 unspecified atom stereocenters. The summed E-state index contributed by atoms with van der Waals surface area (Å²) >= 11 is 0.990. The molecule has 2 aromatic carbocycles. The maximum atomic E-state index is 14.3. The first-order valence-electron chi connectivity index (χ1n) is 14.9. The molecule has 3 amide bonds. The molecular formula is C31H32F2N5O6PS. The highest BCUT2D eigenvalue weighted by Gasteiger charge is 2.51. The van der Waals surface area contributed by atoms with Gasteiger partial charge in [0, 0.05) is 41.9 Å². The quantitative estimate of drug-likeness (QED) is 0.290. The summed E-state index contributed by atoms with van der Waals surface area (Å²) in [6.07, 6.45) is 1.74. The van der Waals surface area contributed by atoms with E-state index in [4.69, 9.17) is 9.79 Å². The van der Waals surface area contributed by atoms with E-state index in [0.717, 1.165) is 29.0 Å². The predicted octanol–water partition coefficient (Wildman–Crippen LogP) is 3.35. The molecule has 4 N–H and O–H groups in total. The van der Waals surface area contributed by atoms with Crippen LogP contribution in [0, 0.1) is 17.2 Å². The van der Waals surface area contributed by atoms with Gasteiger partial charge in [-0.05, 0) is 55.0 Å². The summed E-state index contributed by atoms with van der Waals surface area (Å²) in [4.78, 5) is 62.9. The second kappa shape index (κ2) is 12.5. The predicted molar refractivity (Wildman–Crippen MR) is 165 cm³/mol. The van der Waals surface area contributed by atoms with Crippen LogP contribution < -0.4 is 10.6 Å². The van der Waals surface area contributed by atoms with Gasteiger partial charge in [-0.1, -0.05) is 36.4 Å². The van der Waals surface area contributed by atoms with Crippen molar-refractivity contribution < 1.29 is 37.5 Å². The van der Waals surface area contributed by atoms with Gasteiger partial charge in [-0.15, -0.1) is 11.3 Å². The minimum Gasteiger partial charge on any atom is -0.339 e. The Morgan fingerprint density at radius 2 is 1.85 bits per heavy atom. The van der Waals surface area contributed by atoms with Crippen molar-refractivity contribution in [3.05, 3.63) is 70.6 Å². The number of benzene rings is 2. The smallest absolute Gasteiger partial charge is 0.339 e. The van der Waals surface area contributed by atoms with Gasteiger partial charge in [0.1, 0.15) is 12.1 Å². The van der Waals surface area contributed by atoms with Gasteiger partial charge in [-0.25, -0.2) is 0 Å². The monoisotopic (exact) mass is 671 g/mol. The van der Waals surface area contributed by atoms with E-state index >= 15 is 0 Å². The molecule has 6 rings (SSSR count). The van der Waals surface area contributed by atoms with Crippen molar-refractivity contribution in [3.8, 4) is 6.07 Å². The van der Waals surface area contributed by atoms with Gasteiger partial charge >= 0.3 is 13.3 Å². The molecule has 0 aliphatic carbocycles. The molecule has 5 atom stereocenters. The zero-order valence-electron chi connectivity index (χ0n) is 24.5. The molecule has 3 saturated heterocycles. The number of carbonyl (C=O) groups excluding carboxylic acids is 3. The number of rotatable bonds is 6. The van der Waals surface area contributed by atoms with Crippen LogP contribution in [0.3, 0.4) is 0 Å². The Morgan fingerprint density at radius 1 is 1.09 bits per heavy atom. The van der Waals surface area contributed by atoms with Crippen LogP contribution in [-0.4, -0.2) is 81.6 Å². The van der Waals surface area contributed by atoms with Crippen molar-refractivity contribution in [2.24, 2.45) is 5.92 Å². The molecular weight excluding hydrogens is 639 g/mol. The number of alkyl halides is 2. The topological polar surface area (TPSA) is 163 Å². The molecule has 0 spiro atoms. The molecule has 1 aromatic heterocycles. The van der Waals surface area contributed by atoms with Crippen LogP contribution in [0.1, 0.15) is 46.0 Å². The largest absolute Gasteiger partial charge is 0.399 e. The summed E-state index contributed by atoms with van der Waals surface area (Å²) in [6.45, 7) is 1.33. The first-order chi connectivity index (χ1) is 21.9. The average Bonchev–Trinajstić information content (AvgIpc) is 3.77. The molecule has 46 heavy (non-hydrogen) atoms. The number of hydrogen-bond acceptors (Lipinski definition) is 7. The van der Waals surface area contributed by atoms with Crippen LogP contribution in [-0.2, 0) is 19.8 Å². The lowest BCUT2D eigenvalue weighted by atomic mass is 9.90. The minimum atomic E-state index is -5.77. The van der Waals surface area contributed by atoms with Crippen LogP contribution in [0.2, 0.25) is 0 Å². The summed E-state index contributed by atoms with van der Waals surface area (Å²) < 4.78 is 40.3. The lowest BCUT2D eigenvalue weighted by Crippen LogP contribution is -2.60. The Morgan fingerprint density at radius 3 is 2.57 bits per heavy atom. The molecule has 3 fully saturated rings. The number of amides is 3. The fraction of sp³-hybridized carbons (Fsp3) is 0.419. The summed E-state index contributed by atoms with van der Waals surface area (Å²) in [7, 11) is -5.77. The first-order valence-corrected chi connectivity index (χ1v) is 17.4. The number of nitrogens with one attached hydrogen (secondary N) is 2.